The smallest absolute Gasteiger partial charge is 0.233 e. The summed E-state index contributed by atoms with van der Waals surface area (Å²) in [6, 6.07) is 10.1. The Morgan fingerprint density at radius 2 is 1.89 bits per heavy atom. The lowest BCUT2D eigenvalue weighted by molar-refractivity contribution is 0.214. The Labute approximate surface area is 158 Å². The van der Waals surface area contributed by atoms with Crippen LogP contribution in [0.3, 0.4) is 0 Å². The number of hydrogen-bond acceptors (Lipinski definition) is 6. The van der Waals surface area contributed by atoms with Crippen LogP contribution in [0.25, 0.3) is 11.0 Å². The molecule has 2 aromatic heterocycles. The average Bonchev–Trinajstić information content (AvgIpc) is 3.20. The van der Waals surface area contributed by atoms with Gasteiger partial charge in [-0.1, -0.05) is 12.1 Å². The molecule has 0 N–H and O–H groups in total. The lowest BCUT2D eigenvalue weighted by atomic mass is 9.98. The second-order valence-electron chi connectivity index (χ2n) is 7.47. The van der Waals surface area contributed by atoms with Gasteiger partial charge in [0.05, 0.1) is 29.5 Å². The molecule has 0 bridgehead atoms. The maximum Gasteiger partial charge on any atom is 0.233 e. The van der Waals surface area contributed by atoms with Gasteiger partial charge in [0.15, 0.2) is 0 Å². The van der Waals surface area contributed by atoms with Crippen LogP contribution in [0.1, 0.15) is 30.5 Å². The number of ether oxygens (including phenoxy) is 1. The summed E-state index contributed by atoms with van der Waals surface area (Å²) in [7, 11) is 0. The number of rotatable bonds is 4. The SMILES string of the molecule is c1ccc2nc(N3CCC(COc4cc5c(nn4)CCC5)CC3)cnc2c1. The fraction of sp³-hybridized carbons (Fsp3) is 0.429. The number of benzene rings is 1. The first kappa shape index (κ1) is 16.4. The van der Waals surface area contributed by atoms with Crippen molar-refractivity contribution >= 4 is 16.9 Å². The van der Waals surface area contributed by atoms with E-state index in [4.69, 9.17) is 9.72 Å². The number of piperidine rings is 1. The fourth-order valence-corrected chi connectivity index (χ4v) is 4.01. The Balaban J connectivity index is 1.17. The Morgan fingerprint density at radius 1 is 1.04 bits per heavy atom. The van der Waals surface area contributed by atoms with Crippen LogP contribution >= 0.6 is 0 Å². The molecular weight excluding hydrogens is 338 g/mol. The molecule has 1 fully saturated rings. The quantitative estimate of drug-likeness (QED) is 0.711. The summed E-state index contributed by atoms with van der Waals surface area (Å²) in [4.78, 5) is 11.6. The van der Waals surface area contributed by atoms with Gasteiger partial charge in [-0.05, 0) is 55.7 Å². The van der Waals surface area contributed by atoms with Gasteiger partial charge in [-0.25, -0.2) is 4.98 Å². The van der Waals surface area contributed by atoms with E-state index < -0.39 is 0 Å². The minimum atomic E-state index is 0.546. The van der Waals surface area contributed by atoms with E-state index in [2.05, 4.69) is 26.1 Å². The number of hydrogen-bond donors (Lipinski definition) is 0. The molecule has 6 nitrogen and oxygen atoms in total. The molecule has 0 atom stereocenters. The van der Waals surface area contributed by atoms with E-state index in [0.717, 1.165) is 61.3 Å². The molecule has 6 heteroatoms. The predicted molar refractivity (Wildman–Crippen MR) is 104 cm³/mol. The molecule has 0 unspecified atom stereocenters. The van der Waals surface area contributed by atoms with Crippen LogP contribution in [-0.2, 0) is 12.8 Å². The van der Waals surface area contributed by atoms with Gasteiger partial charge in [-0.15, -0.1) is 5.10 Å². The van der Waals surface area contributed by atoms with Crippen molar-refractivity contribution in [2.24, 2.45) is 5.92 Å². The van der Waals surface area contributed by atoms with Crippen molar-refractivity contribution in [3.63, 3.8) is 0 Å². The highest BCUT2D eigenvalue weighted by Gasteiger charge is 2.22. The third-order valence-electron chi connectivity index (χ3n) is 5.64. The standard InChI is InChI=1S/C21H23N5O/c1-2-6-19-18(5-1)22-13-20(23-19)26-10-8-15(9-11-26)14-27-21-12-16-4-3-7-17(16)24-25-21/h1-2,5-6,12-13,15H,3-4,7-11,14H2. The molecule has 2 aliphatic rings. The van der Waals surface area contributed by atoms with Crippen molar-refractivity contribution in [2.75, 3.05) is 24.6 Å². The number of aryl methyl sites for hydroxylation is 2. The topological polar surface area (TPSA) is 64.0 Å². The minimum absolute atomic E-state index is 0.546. The third kappa shape index (κ3) is 3.44. The first-order valence-corrected chi connectivity index (χ1v) is 9.80. The van der Waals surface area contributed by atoms with Gasteiger partial charge in [-0.2, -0.15) is 5.10 Å². The molecule has 3 aromatic rings. The van der Waals surface area contributed by atoms with Crippen LogP contribution in [0.15, 0.2) is 36.5 Å². The molecule has 5 rings (SSSR count). The Bertz CT molecular complexity index is 952. The van der Waals surface area contributed by atoms with E-state index in [1.807, 2.05) is 30.5 Å². The van der Waals surface area contributed by atoms with Crippen LogP contribution in [0, 0.1) is 5.92 Å². The van der Waals surface area contributed by atoms with Crippen LogP contribution in [0.5, 0.6) is 5.88 Å². The van der Waals surface area contributed by atoms with Crippen LogP contribution in [-0.4, -0.2) is 39.9 Å². The van der Waals surface area contributed by atoms with E-state index in [1.54, 1.807) is 0 Å². The summed E-state index contributed by atoms with van der Waals surface area (Å²) in [6.45, 7) is 2.68. The zero-order chi connectivity index (χ0) is 18.1. The normalized spacial score (nSPS) is 17.3. The molecular formula is C21H23N5O. The first-order valence-electron chi connectivity index (χ1n) is 9.80. The van der Waals surface area contributed by atoms with Gasteiger partial charge >= 0.3 is 0 Å². The fourth-order valence-electron chi connectivity index (χ4n) is 4.01. The summed E-state index contributed by atoms with van der Waals surface area (Å²) in [5.74, 6) is 2.20. The summed E-state index contributed by atoms with van der Waals surface area (Å²) >= 11 is 0. The van der Waals surface area contributed by atoms with E-state index in [1.165, 1.54) is 12.0 Å². The second-order valence-corrected chi connectivity index (χ2v) is 7.47. The summed E-state index contributed by atoms with van der Waals surface area (Å²) in [6.07, 6.45) is 7.41. The van der Waals surface area contributed by atoms with Crippen molar-refractivity contribution in [3.05, 3.63) is 47.8 Å². The van der Waals surface area contributed by atoms with Crippen LogP contribution in [0.4, 0.5) is 5.82 Å². The van der Waals surface area contributed by atoms with Gasteiger partial charge < -0.3 is 9.64 Å². The Hall–Kier alpha value is -2.76. The summed E-state index contributed by atoms with van der Waals surface area (Å²) in [5, 5.41) is 8.53. The van der Waals surface area contributed by atoms with Gasteiger partial charge in [0.2, 0.25) is 5.88 Å². The van der Waals surface area contributed by atoms with Crippen molar-refractivity contribution in [3.8, 4) is 5.88 Å². The van der Waals surface area contributed by atoms with E-state index in [0.29, 0.717) is 18.4 Å². The minimum Gasteiger partial charge on any atom is -0.476 e. The van der Waals surface area contributed by atoms with Crippen molar-refractivity contribution in [1.29, 1.82) is 0 Å². The molecule has 0 radical (unpaired) electrons. The molecule has 1 aliphatic heterocycles. The number of fused-ring (bicyclic) bond motifs is 2. The lowest BCUT2D eigenvalue weighted by Crippen LogP contribution is -2.36. The maximum absolute atomic E-state index is 5.95. The molecule has 3 heterocycles. The number of anilines is 1. The van der Waals surface area contributed by atoms with Gasteiger partial charge in [0.25, 0.3) is 0 Å². The zero-order valence-corrected chi connectivity index (χ0v) is 15.3. The van der Waals surface area contributed by atoms with Crippen molar-refractivity contribution in [1.82, 2.24) is 20.2 Å². The second kappa shape index (κ2) is 7.10. The Morgan fingerprint density at radius 3 is 2.78 bits per heavy atom. The average molecular weight is 361 g/mol. The largest absolute Gasteiger partial charge is 0.476 e. The highest BCUT2D eigenvalue weighted by molar-refractivity contribution is 5.75. The molecule has 1 saturated heterocycles. The molecule has 0 saturated carbocycles. The summed E-state index contributed by atoms with van der Waals surface area (Å²) in [5.41, 5.74) is 4.35. The zero-order valence-electron chi connectivity index (χ0n) is 15.3. The van der Waals surface area contributed by atoms with Crippen LogP contribution < -0.4 is 9.64 Å². The lowest BCUT2D eigenvalue weighted by Gasteiger charge is -2.32. The highest BCUT2D eigenvalue weighted by Crippen LogP contribution is 2.25. The first-order chi connectivity index (χ1) is 13.3. The van der Waals surface area contributed by atoms with E-state index in [-0.39, 0.29) is 0 Å². The number of para-hydroxylation sites is 2. The molecule has 1 aliphatic carbocycles. The van der Waals surface area contributed by atoms with Gasteiger partial charge in [0.1, 0.15) is 5.82 Å². The van der Waals surface area contributed by atoms with E-state index in [9.17, 15) is 0 Å². The number of nitrogens with zero attached hydrogens (tertiary/aromatic N) is 5. The predicted octanol–water partition coefficient (Wildman–Crippen LogP) is 3.20. The van der Waals surface area contributed by atoms with Gasteiger partial charge in [-0.3, -0.25) is 4.98 Å². The molecule has 1 aromatic carbocycles. The monoisotopic (exact) mass is 361 g/mol. The van der Waals surface area contributed by atoms with E-state index >= 15 is 0 Å². The van der Waals surface area contributed by atoms with Crippen LogP contribution in [0.2, 0.25) is 0 Å². The number of aromatic nitrogens is 4. The van der Waals surface area contributed by atoms with Gasteiger partial charge in [0, 0.05) is 19.2 Å². The molecule has 0 spiro atoms. The van der Waals surface area contributed by atoms with Crippen molar-refractivity contribution < 1.29 is 4.74 Å². The summed E-state index contributed by atoms with van der Waals surface area (Å²) < 4.78 is 5.95. The third-order valence-corrected chi connectivity index (χ3v) is 5.64. The molecule has 0 amide bonds. The highest BCUT2D eigenvalue weighted by atomic mass is 16.5. The molecule has 27 heavy (non-hydrogen) atoms. The molecule has 138 valence electrons. The van der Waals surface area contributed by atoms with Crippen molar-refractivity contribution in [2.45, 2.75) is 32.1 Å². The Kier molecular flexibility index (Phi) is 4.32. The maximum atomic E-state index is 5.95.